The van der Waals surface area contributed by atoms with Crippen LogP contribution < -0.4 is 0 Å². The average molecular weight is 286 g/mol. The number of benzene rings is 1. The fraction of sp³-hybridized carbons (Fsp3) is 0.200. The minimum atomic E-state index is -0.640. The van der Waals surface area contributed by atoms with Crippen LogP contribution in [0.2, 0.25) is 0 Å². The normalized spacial score (nSPS) is 9.88. The number of Topliss-reactive ketones (excluding diaryl/α,β-unsaturated/α-hetero) is 1. The van der Waals surface area contributed by atoms with Crippen molar-refractivity contribution in [3.63, 3.8) is 0 Å². The standard InChI is InChI=1S/C10H8BrNO4/c1-6-2-9(12(15)16)7(5-13)3-8(6)10(14)4-11/h2-3,5H,4H2,1H3. The molecule has 0 amide bonds. The Bertz CT molecular complexity index is 470. The van der Waals surface area contributed by atoms with Crippen molar-refractivity contribution in [2.24, 2.45) is 0 Å². The van der Waals surface area contributed by atoms with Gasteiger partial charge in [-0.1, -0.05) is 15.9 Å². The van der Waals surface area contributed by atoms with Gasteiger partial charge in [-0.25, -0.2) is 0 Å². The van der Waals surface area contributed by atoms with E-state index in [0.717, 1.165) is 0 Å². The fourth-order valence-corrected chi connectivity index (χ4v) is 1.64. The summed E-state index contributed by atoms with van der Waals surface area (Å²) in [6, 6.07) is 2.49. The number of nitro groups is 1. The second-order valence-corrected chi connectivity index (χ2v) is 3.72. The van der Waals surface area contributed by atoms with E-state index in [1.807, 2.05) is 0 Å². The predicted molar refractivity (Wildman–Crippen MR) is 61.3 cm³/mol. The molecule has 84 valence electrons. The van der Waals surface area contributed by atoms with Gasteiger partial charge in [0.05, 0.1) is 15.8 Å². The van der Waals surface area contributed by atoms with Crippen LogP contribution in [0.4, 0.5) is 5.69 Å². The second kappa shape index (κ2) is 4.98. The lowest BCUT2D eigenvalue weighted by Gasteiger charge is -2.04. The molecular weight excluding hydrogens is 278 g/mol. The van der Waals surface area contributed by atoms with E-state index in [1.54, 1.807) is 6.92 Å². The highest BCUT2D eigenvalue weighted by molar-refractivity contribution is 9.09. The molecule has 5 nitrogen and oxygen atoms in total. The highest BCUT2D eigenvalue weighted by Gasteiger charge is 2.18. The maximum atomic E-state index is 11.5. The first kappa shape index (κ1) is 12.5. The van der Waals surface area contributed by atoms with E-state index in [4.69, 9.17) is 0 Å². The van der Waals surface area contributed by atoms with Crippen LogP contribution in [0.1, 0.15) is 26.3 Å². The second-order valence-electron chi connectivity index (χ2n) is 3.16. The van der Waals surface area contributed by atoms with Gasteiger partial charge < -0.3 is 0 Å². The van der Waals surface area contributed by atoms with Gasteiger partial charge in [0.15, 0.2) is 12.1 Å². The summed E-state index contributed by atoms with van der Waals surface area (Å²) in [5.74, 6) is -0.213. The zero-order valence-corrected chi connectivity index (χ0v) is 9.98. The summed E-state index contributed by atoms with van der Waals surface area (Å²) >= 11 is 3.01. The first-order valence-corrected chi connectivity index (χ1v) is 5.46. The summed E-state index contributed by atoms with van der Waals surface area (Å²) in [5, 5.41) is 10.8. The van der Waals surface area contributed by atoms with Crippen molar-refractivity contribution < 1.29 is 14.5 Å². The Hall–Kier alpha value is -1.56. The molecule has 0 unspecified atom stereocenters. The van der Waals surface area contributed by atoms with Gasteiger partial charge in [0.1, 0.15) is 0 Å². The van der Waals surface area contributed by atoms with Crippen molar-refractivity contribution in [1.82, 2.24) is 0 Å². The number of hydrogen-bond acceptors (Lipinski definition) is 4. The van der Waals surface area contributed by atoms with Crippen LogP contribution in [0.25, 0.3) is 0 Å². The fourth-order valence-electron chi connectivity index (χ4n) is 1.33. The van der Waals surface area contributed by atoms with Crippen LogP contribution in [0.5, 0.6) is 0 Å². The summed E-state index contributed by atoms with van der Waals surface area (Å²) in [7, 11) is 0. The van der Waals surface area contributed by atoms with E-state index in [2.05, 4.69) is 15.9 Å². The molecule has 0 aliphatic rings. The van der Waals surface area contributed by atoms with Crippen LogP contribution >= 0.6 is 15.9 Å². The molecule has 0 spiro atoms. The molecule has 0 aliphatic heterocycles. The SMILES string of the molecule is Cc1cc([N+](=O)[O-])c(C=O)cc1C(=O)CBr. The number of hydrogen-bond donors (Lipinski definition) is 0. The van der Waals surface area contributed by atoms with Gasteiger partial charge in [-0.15, -0.1) is 0 Å². The molecule has 1 rings (SSSR count). The molecule has 0 N–H and O–H groups in total. The molecule has 6 heteroatoms. The molecule has 0 fully saturated rings. The monoisotopic (exact) mass is 285 g/mol. The minimum absolute atomic E-state index is 0.0834. The minimum Gasteiger partial charge on any atom is -0.298 e. The first-order valence-electron chi connectivity index (χ1n) is 4.34. The van der Waals surface area contributed by atoms with Gasteiger partial charge >= 0.3 is 0 Å². The van der Waals surface area contributed by atoms with Crippen LogP contribution in [0.3, 0.4) is 0 Å². The Morgan fingerprint density at radius 1 is 1.56 bits per heavy atom. The van der Waals surface area contributed by atoms with E-state index >= 15 is 0 Å². The van der Waals surface area contributed by atoms with E-state index in [1.165, 1.54) is 12.1 Å². The largest absolute Gasteiger partial charge is 0.298 e. The van der Waals surface area contributed by atoms with Crippen LogP contribution in [-0.2, 0) is 0 Å². The Kier molecular flexibility index (Phi) is 3.89. The van der Waals surface area contributed by atoms with Gasteiger partial charge in [0.2, 0.25) is 0 Å². The Labute approximate surface area is 99.7 Å². The van der Waals surface area contributed by atoms with Gasteiger partial charge in [0, 0.05) is 11.6 Å². The van der Waals surface area contributed by atoms with Crippen molar-refractivity contribution in [3.05, 3.63) is 38.9 Å². The molecule has 1 aromatic rings. The lowest BCUT2D eigenvalue weighted by Crippen LogP contribution is -2.06. The highest BCUT2D eigenvalue weighted by atomic mass is 79.9. The van der Waals surface area contributed by atoms with Gasteiger partial charge in [-0.05, 0) is 18.6 Å². The molecule has 1 aromatic carbocycles. The molecule has 0 radical (unpaired) electrons. The number of carbonyl (C=O) groups is 2. The zero-order chi connectivity index (χ0) is 12.3. The average Bonchev–Trinajstić information content (AvgIpc) is 2.27. The first-order chi connectivity index (χ1) is 7.51. The van der Waals surface area contributed by atoms with E-state index in [0.29, 0.717) is 17.4 Å². The molecule has 0 heterocycles. The van der Waals surface area contributed by atoms with E-state index in [9.17, 15) is 19.7 Å². The number of halogens is 1. The van der Waals surface area contributed by atoms with Gasteiger partial charge in [0.25, 0.3) is 5.69 Å². The Morgan fingerprint density at radius 2 is 2.19 bits per heavy atom. The quantitative estimate of drug-likeness (QED) is 0.280. The third-order valence-corrected chi connectivity index (χ3v) is 2.63. The number of rotatable bonds is 4. The summed E-state index contributed by atoms with van der Waals surface area (Å²) in [6.07, 6.45) is 0.378. The molecule has 0 saturated carbocycles. The molecule has 0 bridgehead atoms. The van der Waals surface area contributed by atoms with Crippen molar-refractivity contribution in [1.29, 1.82) is 0 Å². The van der Waals surface area contributed by atoms with E-state index < -0.39 is 4.92 Å². The molecule has 0 saturated heterocycles. The molecular formula is C10H8BrNO4. The zero-order valence-electron chi connectivity index (χ0n) is 8.40. The number of carbonyl (C=O) groups excluding carboxylic acids is 2. The lowest BCUT2D eigenvalue weighted by molar-refractivity contribution is -0.385. The van der Waals surface area contributed by atoms with Crippen molar-refractivity contribution in [2.75, 3.05) is 5.33 Å². The molecule has 0 aliphatic carbocycles. The lowest BCUT2D eigenvalue weighted by atomic mass is 10.0. The van der Waals surface area contributed by atoms with Crippen LogP contribution in [0, 0.1) is 17.0 Å². The number of nitrogens with zero attached hydrogens (tertiary/aromatic N) is 1. The summed E-state index contributed by atoms with van der Waals surface area (Å²) in [5.41, 5.74) is 0.449. The van der Waals surface area contributed by atoms with Crippen LogP contribution in [0.15, 0.2) is 12.1 Å². The number of ketones is 1. The van der Waals surface area contributed by atoms with Crippen LogP contribution in [-0.4, -0.2) is 22.3 Å². The van der Waals surface area contributed by atoms with Gasteiger partial charge in [-0.3, -0.25) is 19.7 Å². The highest BCUT2D eigenvalue weighted by Crippen LogP contribution is 2.22. The third-order valence-electron chi connectivity index (χ3n) is 2.12. The topological polar surface area (TPSA) is 77.3 Å². The van der Waals surface area contributed by atoms with E-state index in [-0.39, 0.29) is 22.4 Å². The smallest absolute Gasteiger partial charge is 0.280 e. The number of alkyl halides is 1. The van der Waals surface area contributed by atoms with Gasteiger partial charge in [-0.2, -0.15) is 0 Å². The number of aldehydes is 1. The predicted octanol–water partition coefficient (Wildman–Crippen LogP) is 2.29. The number of aryl methyl sites for hydroxylation is 1. The van der Waals surface area contributed by atoms with Crippen molar-refractivity contribution in [3.8, 4) is 0 Å². The molecule has 0 aromatic heterocycles. The third kappa shape index (κ3) is 2.33. The summed E-state index contributed by atoms with van der Waals surface area (Å²) in [6.45, 7) is 1.59. The maximum absolute atomic E-state index is 11.5. The maximum Gasteiger partial charge on any atom is 0.280 e. The Morgan fingerprint density at radius 3 is 2.62 bits per heavy atom. The summed E-state index contributed by atoms with van der Waals surface area (Å²) in [4.78, 5) is 32.1. The number of nitro benzene ring substituents is 1. The summed E-state index contributed by atoms with van der Waals surface area (Å²) < 4.78 is 0. The Balaban J connectivity index is 3.42. The molecule has 0 atom stereocenters. The van der Waals surface area contributed by atoms with Crippen molar-refractivity contribution in [2.45, 2.75) is 6.92 Å². The molecule has 16 heavy (non-hydrogen) atoms. The van der Waals surface area contributed by atoms with Crippen molar-refractivity contribution >= 4 is 33.7 Å².